The maximum atomic E-state index is 11.4. The lowest BCUT2D eigenvalue weighted by Gasteiger charge is -2.13. The monoisotopic (exact) mass is 530 g/mol. The van der Waals surface area contributed by atoms with Gasteiger partial charge in [0, 0.05) is 6.42 Å². The number of halogens is 2. The minimum absolute atomic E-state index is 0.0240. The molecule has 28 heavy (non-hydrogen) atoms. The summed E-state index contributed by atoms with van der Waals surface area (Å²) in [4.78, 5) is 10.7. The first-order valence-corrected chi connectivity index (χ1v) is 11.4. The third-order valence-corrected chi connectivity index (χ3v) is 5.28. The van der Waals surface area contributed by atoms with E-state index in [0.717, 1.165) is 11.8 Å². The van der Waals surface area contributed by atoms with Crippen molar-refractivity contribution in [3.05, 3.63) is 56.0 Å². The smallest absolute Gasteiger partial charge is 0.303 e. The largest absolute Gasteiger partial charge is 0.487 e. The van der Waals surface area contributed by atoms with Crippen LogP contribution < -0.4 is 9.46 Å². The van der Waals surface area contributed by atoms with E-state index in [2.05, 4.69) is 36.6 Å². The Labute approximate surface area is 179 Å². The fraction of sp³-hybridized carbons (Fsp3) is 0.222. The van der Waals surface area contributed by atoms with E-state index in [1.807, 2.05) is 6.07 Å². The van der Waals surface area contributed by atoms with Crippen molar-refractivity contribution in [2.45, 2.75) is 19.4 Å². The molecule has 0 saturated heterocycles. The Morgan fingerprint density at radius 1 is 1.18 bits per heavy atom. The van der Waals surface area contributed by atoms with Gasteiger partial charge in [-0.1, -0.05) is 0 Å². The standard InChI is InChI=1S/C18H16Br2N2O5S/c1-28(25,26)22-14-5-12(9-21)4-13(6-14)10-27-18-15(19)7-11(8-16(18)20)2-3-17(23)24/h4-8,22H,2-3,10H2,1H3,(H,23,24). The predicted octanol–water partition coefficient (Wildman–Crippen LogP) is 4.05. The molecule has 0 spiro atoms. The van der Waals surface area contributed by atoms with Crippen LogP contribution in [0.3, 0.4) is 0 Å². The molecule has 0 heterocycles. The lowest BCUT2D eigenvalue weighted by Crippen LogP contribution is -2.10. The van der Waals surface area contributed by atoms with Gasteiger partial charge in [-0.05, 0) is 79.7 Å². The molecule has 0 aliphatic carbocycles. The molecule has 148 valence electrons. The van der Waals surface area contributed by atoms with Gasteiger partial charge in [0.25, 0.3) is 0 Å². The Morgan fingerprint density at radius 3 is 2.36 bits per heavy atom. The van der Waals surface area contributed by atoms with Gasteiger partial charge < -0.3 is 9.84 Å². The zero-order chi connectivity index (χ0) is 20.9. The van der Waals surface area contributed by atoms with E-state index in [4.69, 9.17) is 15.1 Å². The van der Waals surface area contributed by atoms with Gasteiger partial charge in [-0.3, -0.25) is 9.52 Å². The molecule has 10 heteroatoms. The number of nitrogens with zero attached hydrogens (tertiary/aromatic N) is 1. The van der Waals surface area contributed by atoms with Crippen LogP contribution in [0.4, 0.5) is 5.69 Å². The normalized spacial score (nSPS) is 10.9. The van der Waals surface area contributed by atoms with Gasteiger partial charge in [-0.15, -0.1) is 0 Å². The van der Waals surface area contributed by atoms with Gasteiger partial charge >= 0.3 is 5.97 Å². The summed E-state index contributed by atoms with van der Waals surface area (Å²) in [6.07, 6.45) is 1.44. The summed E-state index contributed by atoms with van der Waals surface area (Å²) < 4.78 is 32.3. The zero-order valence-electron chi connectivity index (χ0n) is 14.7. The highest BCUT2D eigenvalue weighted by atomic mass is 79.9. The number of sulfonamides is 1. The number of ether oxygens (including phenoxy) is 1. The van der Waals surface area contributed by atoms with E-state index in [1.165, 1.54) is 6.07 Å². The van der Waals surface area contributed by atoms with Crippen LogP contribution in [0.5, 0.6) is 5.75 Å². The van der Waals surface area contributed by atoms with Gasteiger partial charge in [-0.25, -0.2) is 8.42 Å². The van der Waals surface area contributed by atoms with Crippen LogP contribution in [0, 0.1) is 11.3 Å². The number of carbonyl (C=O) groups is 1. The van der Waals surface area contributed by atoms with E-state index in [-0.39, 0.29) is 18.7 Å². The van der Waals surface area contributed by atoms with Crippen LogP contribution in [0.15, 0.2) is 39.3 Å². The third kappa shape index (κ3) is 6.82. The average Bonchev–Trinajstić information content (AvgIpc) is 2.57. The quantitative estimate of drug-likeness (QED) is 0.530. The van der Waals surface area contributed by atoms with Gasteiger partial charge in [-0.2, -0.15) is 5.26 Å². The Balaban J connectivity index is 2.20. The van der Waals surface area contributed by atoms with Crippen molar-refractivity contribution in [2.75, 3.05) is 11.0 Å². The van der Waals surface area contributed by atoms with Gasteiger partial charge in [0.2, 0.25) is 10.0 Å². The minimum atomic E-state index is -3.47. The number of benzene rings is 2. The lowest BCUT2D eigenvalue weighted by molar-refractivity contribution is -0.136. The van der Waals surface area contributed by atoms with Crippen molar-refractivity contribution < 1.29 is 23.1 Å². The molecule has 2 aromatic rings. The summed E-state index contributed by atoms with van der Waals surface area (Å²) in [5, 5.41) is 18.0. The first-order valence-electron chi connectivity index (χ1n) is 7.92. The Kier molecular flexibility index (Phi) is 7.46. The second kappa shape index (κ2) is 9.41. The van der Waals surface area contributed by atoms with Crippen molar-refractivity contribution >= 4 is 53.5 Å². The SMILES string of the molecule is CS(=O)(=O)Nc1cc(C#N)cc(COc2c(Br)cc(CCC(=O)O)cc2Br)c1. The number of anilines is 1. The van der Waals surface area contributed by atoms with Crippen molar-refractivity contribution in [2.24, 2.45) is 0 Å². The second-order valence-electron chi connectivity index (χ2n) is 5.98. The highest BCUT2D eigenvalue weighted by molar-refractivity contribution is 9.11. The van der Waals surface area contributed by atoms with Crippen molar-refractivity contribution in [3.63, 3.8) is 0 Å². The number of rotatable bonds is 8. The van der Waals surface area contributed by atoms with Gasteiger partial charge in [0.1, 0.15) is 12.4 Å². The molecule has 2 rings (SSSR count). The molecular weight excluding hydrogens is 516 g/mol. The Hall–Kier alpha value is -2.09. The number of aliphatic carboxylic acids is 1. The molecule has 0 aromatic heterocycles. The molecule has 0 fully saturated rings. The van der Waals surface area contributed by atoms with Crippen molar-refractivity contribution in [1.29, 1.82) is 5.26 Å². The topological polar surface area (TPSA) is 116 Å². The molecule has 0 atom stereocenters. The number of hydrogen-bond donors (Lipinski definition) is 2. The predicted molar refractivity (Wildman–Crippen MR) is 112 cm³/mol. The zero-order valence-corrected chi connectivity index (χ0v) is 18.7. The molecule has 2 aromatic carbocycles. The molecule has 0 saturated carbocycles. The Bertz CT molecular complexity index is 1030. The summed E-state index contributed by atoms with van der Waals surface area (Å²) in [7, 11) is -3.47. The van der Waals surface area contributed by atoms with E-state index in [9.17, 15) is 13.2 Å². The molecule has 0 amide bonds. The fourth-order valence-corrected chi connectivity index (χ4v) is 4.47. The number of carboxylic acid groups (broad SMARTS) is 1. The molecule has 2 N–H and O–H groups in total. The highest BCUT2D eigenvalue weighted by Crippen LogP contribution is 2.36. The van der Waals surface area contributed by atoms with Crippen LogP contribution in [-0.2, 0) is 27.8 Å². The van der Waals surface area contributed by atoms with Crippen LogP contribution >= 0.6 is 31.9 Å². The molecule has 0 radical (unpaired) electrons. The molecule has 0 aliphatic rings. The summed E-state index contributed by atoms with van der Waals surface area (Å²) in [5.41, 5.74) is 2.02. The Morgan fingerprint density at radius 2 is 1.82 bits per heavy atom. The first-order chi connectivity index (χ1) is 13.1. The maximum absolute atomic E-state index is 11.4. The summed E-state index contributed by atoms with van der Waals surface area (Å²) in [6.45, 7) is 0.0969. The van der Waals surface area contributed by atoms with E-state index >= 15 is 0 Å². The van der Waals surface area contributed by atoms with E-state index < -0.39 is 16.0 Å². The van der Waals surface area contributed by atoms with Crippen molar-refractivity contribution in [1.82, 2.24) is 0 Å². The second-order valence-corrected chi connectivity index (χ2v) is 9.43. The summed E-state index contributed by atoms with van der Waals surface area (Å²) >= 11 is 6.83. The number of aryl methyl sites for hydroxylation is 1. The van der Waals surface area contributed by atoms with E-state index in [0.29, 0.717) is 32.2 Å². The average molecular weight is 532 g/mol. The van der Waals surface area contributed by atoms with Crippen LogP contribution in [0.1, 0.15) is 23.1 Å². The summed E-state index contributed by atoms with van der Waals surface area (Å²) in [5.74, 6) is -0.359. The van der Waals surface area contributed by atoms with Crippen LogP contribution in [-0.4, -0.2) is 25.7 Å². The molecular formula is C18H16Br2N2O5S. The van der Waals surface area contributed by atoms with Gasteiger partial charge in [0.15, 0.2) is 0 Å². The minimum Gasteiger partial charge on any atom is -0.487 e. The lowest BCUT2D eigenvalue weighted by atomic mass is 10.1. The number of nitriles is 1. The molecule has 7 nitrogen and oxygen atoms in total. The van der Waals surface area contributed by atoms with Crippen molar-refractivity contribution in [3.8, 4) is 11.8 Å². The fourth-order valence-electron chi connectivity index (χ4n) is 2.41. The van der Waals surface area contributed by atoms with Gasteiger partial charge in [0.05, 0.1) is 32.5 Å². The number of hydrogen-bond acceptors (Lipinski definition) is 5. The molecule has 0 bridgehead atoms. The summed E-state index contributed by atoms with van der Waals surface area (Å²) in [6, 6.07) is 10.2. The third-order valence-electron chi connectivity index (χ3n) is 3.49. The molecule has 0 aliphatic heterocycles. The van der Waals surface area contributed by atoms with E-state index in [1.54, 1.807) is 24.3 Å². The maximum Gasteiger partial charge on any atom is 0.303 e. The van der Waals surface area contributed by atoms with Crippen LogP contribution in [0.2, 0.25) is 0 Å². The number of nitrogens with one attached hydrogen (secondary N) is 1. The number of carboxylic acids is 1. The van der Waals surface area contributed by atoms with Crippen LogP contribution in [0.25, 0.3) is 0 Å². The highest BCUT2D eigenvalue weighted by Gasteiger charge is 2.12. The first kappa shape index (κ1) is 22.2. The molecule has 0 unspecified atom stereocenters.